The number of nitrogens with one attached hydrogen (secondary N) is 1. The van der Waals surface area contributed by atoms with Crippen LogP contribution in [0.25, 0.3) is 0 Å². The summed E-state index contributed by atoms with van der Waals surface area (Å²) in [6, 6.07) is 9.27. The minimum Gasteiger partial charge on any atom is -0.488 e. The van der Waals surface area contributed by atoms with Gasteiger partial charge >= 0.3 is 0 Å². The third kappa shape index (κ3) is 3.41. The second kappa shape index (κ2) is 6.45. The number of hydrogen-bond donors (Lipinski definition) is 1. The number of rotatable bonds is 3. The molecular formula is C20H30N2O. The minimum absolute atomic E-state index is 0.396. The van der Waals surface area contributed by atoms with Gasteiger partial charge in [0.1, 0.15) is 11.9 Å². The normalized spacial score (nSPS) is 26.1. The van der Waals surface area contributed by atoms with Crippen molar-refractivity contribution in [2.45, 2.75) is 57.6 Å². The first kappa shape index (κ1) is 15.5. The molecule has 2 saturated heterocycles. The van der Waals surface area contributed by atoms with Gasteiger partial charge in [0.05, 0.1) is 0 Å². The Hall–Kier alpha value is -1.06. The minimum atomic E-state index is 0.396. The van der Waals surface area contributed by atoms with Crippen LogP contribution in [-0.2, 0) is 0 Å². The van der Waals surface area contributed by atoms with Crippen molar-refractivity contribution in [2.24, 2.45) is 5.41 Å². The van der Waals surface area contributed by atoms with Crippen molar-refractivity contribution in [1.82, 2.24) is 10.2 Å². The van der Waals surface area contributed by atoms with E-state index in [0.717, 1.165) is 24.9 Å². The quantitative estimate of drug-likeness (QED) is 0.926. The predicted molar refractivity (Wildman–Crippen MR) is 94.0 cm³/mol. The summed E-state index contributed by atoms with van der Waals surface area (Å²) in [7, 11) is 0. The molecule has 1 spiro atoms. The number of ether oxygens (including phenoxy) is 1. The molecule has 0 amide bonds. The molecule has 2 heterocycles. The van der Waals surface area contributed by atoms with Crippen molar-refractivity contribution in [1.29, 1.82) is 0 Å². The van der Waals surface area contributed by atoms with Gasteiger partial charge in [-0.1, -0.05) is 17.7 Å². The van der Waals surface area contributed by atoms with Crippen molar-refractivity contribution in [3.05, 3.63) is 29.8 Å². The van der Waals surface area contributed by atoms with E-state index in [4.69, 9.17) is 4.74 Å². The maximum atomic E-state index is 6.09. The number of aryl methyl sites for hydroxylation is 1. The predicted octanol–water partition coefficient (Wildman–Crippen LogP) is 3.37. The molecule has 1 saturated carbocycles. The van der Waals surface area contributed by atoms with Crippen molar-refractivity contribution in [2.75, 3.05) is 26.2 Å². The number of likely N-dealkylation sites (tertiary alicyclic amines) is 1. The Balaban J connectivity index is 1.22. The highest BCUT2D eigenvalue weighted by molar-refractivity contribution is 5.26. The molecule has 1 aromatic rings. The van der Waals surface area contributed by atoms with Crippen molar-refractivity contribution in [3.63, 3.8) is 0 Å². The summed E-state index contributed by atoms with van der Waals surface area (Å²) in [6.45, 7) is 6.83. The highest BCUT2D eigenvalue weighted by Gasteiger charge is 2.41. The van der Waals surface area contributed by atoms with Crippen molar-refractivity contribution >= 4 is 0 Å². The standard InChI is InChI=1S/C20H30N2O/c1-16-2-4-18(5-3-16)23-19-14-22(15-19)17-6-8-20(9-7-17)10-12-21-13-11-20/h2-5,17,19,21H,6-15H2,1H3. The fourth-order valence-electron chi connectivity index (χ4n) is 4.69. The van der Waals surface area contributed by atoms with Crippen molar-refractivity contribution < 1.29 is 4.74 Å². The maximum Gasteiger partial charge on any atom is 0.124 e. The Labute approximate surface area is 140 Å². The fraction of sp³-hybridized carbons (Fsp3) is 0.700. The van der Waals surface area contributed by atoms with Gasteiger partial charge in [0.15, 0.2) is 0 Å². The highest BCUT2D eigenvalue weighted by Crippen LogP contribution is 2.44. The lowest BCUT2D eigenvalue weighted by Crippen LogP contribution is -2.59. The lowest BCUT2D eigenvalue weighted by Gasteiger charge is -2.50. The van der Waals surface area contributed by atoms with Crippen LogP contribution in [0, 0.1) is 12.3 Å². The maximum absolute atomic E-state index is 6.09. The van der Waals surface area contributed by atoms with E-state index in [1.54, 1.807) is 0 Å². The van der Waals surface area contributed by atoms with Gasteiger partial charge in [-0.2, -0.15) is 0 Å². The molecule has 3 fully saturated rings. The average Bonchev–Trinajstić information content (AvgIpc) is 2.54. The van der Waals surface area contributed by atoms with Crippen LogP contribution in [0.3, 0.4) is 0 Å². The molecule has 126 valence electrons. The van der Waals surface area contributed by atoms with Crippen LogP contribution in [0.2, 0.25) is 0 Å². The first-order chi connectivity index (χ1) is 11.2. The first-order valence-corrected chi connectivity index (χ1v) is 9.41. The number of piperidine rings is 1. The topological polar surface area (TPSA) is 24.5 Å². The molecule has 3 nitrogen and oxygen atoms in total. The zero-order valence-electron chi connectivity index (χ0n) is 14.4. The zero-order valence-corrected chi connectivity index (χ0v) is 14.4. The van der Waals surface area contributed by atoms with Crippen LogP contribution in [-0.4, -0.2) is 43.2 Å². The van der Waals surface area contributed by atoms with E-state index in [1.165, 1.54) is 57.2 Å². The van der Waals surface area contributed by atoms with Crippen LogP contribution in [0.1, 0.15) is 44.1 Å². The first-order valence-electron chi connectivity index (χ1n) is 9.41. The summed E-state index contributed by atoms with van der Waals surface area (Å²) in [5.74, 6) is 1.03. The van der Waals surface area contributed by atoms with Gasteiger partial charge in [-0.3, -0.25) is 4.90 Å². The molecule has 1 aromatic carbocycles. The molecule has 1 N–H and O–H groups in total. The molecule has 3 heteroatoms. The molecule has 23 heavy (non-hydrogen) atoms. The highest BCUT2D eigenvalue weighted by atomic mass is 16.5. The van der Waals surface area contributed by atoms with Gasteiger partial charge in [0.2, 0.25) is 0 Å². The molecule has 0 bridgehead atoms. The molecule has 1 aliphatic carbocycles. The number of nitrogens with zero attached hydrogens (tertiary/aromatic N) is 1. The van der Waals surface area contributed by atoms with E-state index in [1.807, 2.05) is 0 Å². The Morgan fingerprint density at radius 2 is 1.65 bits per heavy atom. The Morgan fingerprint density at radius 1 is 1.00 bits per heavy atom. The molecule has 4 rings (SSSR count). The monoisotopic (exact) mass is 314 g/mol. The molecular weight excluding hydrogens is 284 g/mol. The summed E-state index contributed by atoms with van der Waals surface area (Å²) >= 11 is 0. The molecule has 0 atom stereocenters. The van der Waals surface area contributed by atoms with E-state index in [0.29, 0.717) is 11.5 Å². The molecule has 2 aliphatic heterocycles. The van der Waals surface area contributed by atoms with Gasteiger partial charge in [0.25, 0.3) is 0 Å². The smallest absolute Gasteiger partial charge is 0.124 e. The Morgan fingerprint density at radius 3 is 2.30 bits per heavy atom. The molecule has 3 aliphatic rings. The summed E-state index contributed by atoms with van der Waals surface area (Å²) in [6.07, 6.45) is 8.89. The fourth-order valence-corrected chi connectivity index (χ4v) is 4.69. The van der Waals surface area contributed by atoms with E-state index in [2.05, 4.69) is 41.4 Å². The molecule has 0 aromatic heterocycles. The van der Waals surface area contributed by atoms with Crippen LogP contribution >= 0.6 is 0 Å². The van der Waals surface area contributed by atoms with Crippen LogP contribution < -0.4 is 10.1 Å². The van der Waals surface area contributed by atoms with E-state index in [9.17, 15) is 0 Å². The van der Waals surface area contributed by atoms with E-state index >= 15 is 0 Å². The van der Waals surface area contributed by atoms with Gasteiger partial charge < -0.3 is 10.1 Å². The summed E-state index contributed by atoms with van der Waals surface area (Å²) in [5.41, 5.74) is 1.98. The lowest BCUT2D eigenvalue weighted by atomic mass is 9.67. The van der Waals surface area contributed by atoms with Gasteiger partial charge in [-0.15, -0.1) is 0 Å². The average molecular weight is 314 g/mol. The Kier molecular flexibility index (Phi) is 4.33. The largest absolute Gasteiger partial charge is 0.488 e. The Bertz CT molecular complexity index is 505. The second-order valence-corrected chi connectivity index (χ2v) is 7.99. The summed E-state index contributed by atoms with van der Waals surface area (Å²) in [5, 5.41) is 3.52. The third-order valence-corrected chi connectivity index (χ3v) is 6.40. The van der Waals surface area contributed by atoms with Gasteiger partial charge in [0, 0.05) is 19.1 Å². The molecule has 0 unspecified atom stereocenters. The van der Waals surface area contributed by atoms with E-state index < -0.39 is 0 Å². The third-order valence-electron chi connectivity index (χ3n) is 6.40. The van der Waals surface area contributed by atoms with Crippen molar-refractivity contribution in [3.8, 4) is 5.75 Å². The number of benzene rings is 1. The van der Waals surface area contributed by atoms with Crippen LogP contribution in [0.4, 0.5) is 0 Å². The lowest BCUT2D eigenvalue weighted by molar-refractivity contribution is -0.0348. The SMILES string of the molecule is Cc1ccc(OC2CN(C3CCC4(CCNCC4)CC3)C2)cc1. The van der Waals surface area contributed by atoms with Gasteiger partial charge in [-0.05, 0) is 76.1 Å². The van der Waals surface area contributed by atoms with Crippen LogP contribution in [0.15, 0.2) is 24.3 Å². The summed E-state index contributed by atoms with van der Waals surface area (Å²) in [4.78, 5) is 2.66. The van der Waals surface area contributed by atoms with Gasteiger partial charge in [-0.25, -0.2) is 0 Å². The molecule has 0 radical (unpaired) electrons. The number of hydrogen-bond acceptors (Lipinski definition) is 3. The van der Waals surface area contributed by atoms with Crippen LogP contribution in [0.5, 0.6) is 5.75 Å². The summed E-state index contributed by atoms with van der Waals surface area (Å²) < 4.78 is 6.09. The second-order valence-electron chi connectivity index (χ2n) is 7.99. The van der Waals surface area contributed by atoms with E-state index in [-0.39, 0.29) is 0 Å². The zero-order chi connectivity index (χ0) is 15.7.